The van der Waals surface area contributed by atoms with E-state index < -0.39 is 0 Å². The summed E-state index contributed by atoms with van der Waals surface area (Å²) in [4.78, 5) is 32.2. The molecule has 0 aromatic carbocycles. The van der Waals surface area contributed by atoms with Crippen LogP contribution in [0.15, 0.2) is 36.8 Å². The zero-order valence-corrected chi connectivity index (χ0v) is 24.2. The highest BCUT2D eigenvalue weighted by atomic mass is 16.5. The molecule has 0 aromatic heterocycles. The van der Waals surface area contributed by atoms with Crippen LogP contribution in [0, 0.1) is 0 Å². The van der Waals surface area contributed by atoms with Gasteiger partial charge in [-0.15, -0.1) is 0 Å². The van der Waals surface area contributed by atoms with Gasteiger partial charge in [0.2, 0.25) is 0 Å². The van der Waals surface area contributed by atoms with E-state index in [2.05, 4.69) is 31.7 Å². The minimum Gasteiger partial charge on any atom is -0.462 e. The summed E-state index contributed by atoms with van der Waals surface area (Å²) in [5.74, 6) is 0.227. The molecule has 0 heterocycles. The first-order chi connectivity index (χ1) is 17.8. The Balaban J connectivity index is 0. The molecule has 1 rings (SSSR count). The summed E-state index contributed by atoms with van der Waals surface area (Å²) in [6.07, 6.45) is 22.2. The number of hydrogen-bond donors (Lipinski definition) is 0. The molecule has 0 amide bonds. The van der Waals surface area contributed by atoms with Crippen LogP contribution in [-0.4, -0.2) is 24.5 Å². The van der Waals surface area contributed by atoms with E-state index in [-0.39, 0.29) is 17.9 Å². The van der Waals surface area contributed by atoms with Gasteiger partial charge < -0.3 is 14.2 Å². The van der Waals surface area contributed by atoms with Gasteiger partial charge >= 0.3 is 17.9 Å². The van der Waals surface area contributed by atoms with Crippen molar-refractivity contribution in [2.75, 3.05) is 6.61 Å². The van der Waals surface area contributed by atoms with Crippen LogP contribution in [0.4, 0.5) is 0 Å². The Kier molecular flexibility index (Phi) is 28.0. The zero-order valence-electron chi connectivity index (χ0n) is 24.2. The van der Waals surface area contributed by atoms with Crippen LogP contribution in [0.25, 0.3) is 0 Å². The van der Waals surface area contributed by atoms with Crippen molar-refractivity contribution in [1.82, 2.24) is 0 Å². The fourth-order valence-electron chi connectivity index (χ4n) is 3.21. The van der Waals surface area contributed by atoms with Gasteiger partial charge in [0.15, 0.2) is 0 Å². The highest BCUT2D eigenvalue weighted by Gasteiger charge is 2.07. The van der Waals surface area contributed by atoms with E-state index >= 15 is 0 Å². The summed E-state index contributed by atoms with van der Waals surface area (Å²) < 4.78 is 14.3. The van der Waals surface area contributed by atoms with E-state index in [9.17, 15) is 14.4 Å². The average Bonchev–Trinajstić information content (AvgIpc) is 2.85. The van der Waals surface area contributed by atoms with Gasteiger partial charge in [-0.2, -0.15) is 0 Å². The number of carbonyl (C=O) groups excluding carboxylic acids is 3. The number of carbonyl (C=O) groups is 3. The van der Waals surface area contributed by atoms with Crippen LogP contribution in [0.1, 0.15) is 137 Å². The van der Waals surface area contributed by atoms with Crippen LogP contribution in [-0.2, 0) is 28.6 Å². The number of rotatable bonds is 19. The normalized spacial score (nSPS) is 11.3. The van der Waals surface area contributed by atoms with Gasteiger partial charge in [0.25, 0.3) is 0 Å². The third kappa shape index (κ3) is 28.1. The number of allylic oxidation sites excluding steroid dienone is 2. The minimum absolute atomic E-state index is 0.155. The molecule has 6 nitrogen and oxygen atoms in total. The second kappa shape index (κ2) is 28.2. The molecule has 37 heavy (non-hydrogen) atoms. The van der Waals surface area contributed by atoms with E-state index in [0.29, 0.717) is 25.0 Å². The first-order valence-corrected chi connectivity index (χ1v) is 14.3. The highest BCUT2D eigenvalue weighted by Crippen LogP contribution is 2.18. The van der Waals surface area contributed by atoms with Crippen molar-refractivity contribution < 1.29 is 28.6 Å². The lowest BCUT2D eigenvalue weighted by Gasteiger charge is -2.11. The molecule has 214 valence electrons. The number of hydrogen-bond acceptors (Lipinski definition) is 6. The lowest BCUT2D eigenvalue weighted by molar-refractivity contribution is -0.139. The SMILES string of the molecule is C=C(CC)C(=O)OCCCCCC.C=COC(=O)CCCCCCCCCCC.CC(=O)OC1=CCC1. The van der Waals surface area contributed by atoms with Gasteiger partial charge in [0.1, 0.15) is 5.76 Å². The number of esters is 3. The first kappa shape index (κ1) is 36.8. The van der Waals surface area contributed by atoms with Crippen molar-refractivity contribution in [3.05, 3.63) is 36.8 Å². The third-order valence-electron chi connectivity index (χ3n) is 5.68. The topological polar surface area (TPSA) is 78.9 Å². The fraction of sp³-hybridized carbons (Fsp3) is 0.710. The predicted octanol–water partition coefficient (Wildman–Crippen LogP) is 8.90. The van der Waals surface area contributed by atoms with Crippen molar-refractivity contribution in [2.45, 2.75) is 137 Å². The van der Waals surface area contributed by atoms with Gasteiger partial charge in [-0.25, -0.2) is 4.79 Å². The number of unbranched alkanes of at least 4 members (excludes halogenated alkanes) is 11. The summed E-state index contributed by atoms with van der Waals surface area (Å²) in [7, 11) is 0. The largest absolute Gasteiger partial charge is 0.462 e. The predicted molar refractivity (Wildman–Crippen MR) is 152 cm³/mol. The van der Waals surface area contributed by atoms with E-state index in [1.165, 1.54) is 71.0 Å². The molecule has 0 radical (unpaired) electrons. The molecule has 0 saturated carbocycles. The standard InChI is InChI=1S/C14H26O2.C11H20O2.C6H8O2/c1-3-5-6-7-8-9-10-11-12-13-14(15)16-4-2;1-4-6-7-8-9-13-11(12)10(3)5-2;1-5(7)8-6-3-2-4-6/h4H,2-3,5-13H2,1H3;3-9H2,1-2H3;3H,2,4H2,1H3. The molecule has 0 atom stereocenters. The van der Waals surface area contributed by atoms with Crippen LogP contribution in [0.3, 0.4) is 0 Å². The second-order valence-electron chi connectivity index (χ2n) is 9.19. The van der Waals surface area contributed by atoms with Crippen molar-refractivity contribution >= 4 is 17.9 Å². The molecule has 1 aliphatic carbocycles. The monoisotopic (exact) mass is 522 g/mol. The fourth-order valence-corrected chi connectivity index (χ4v) is 3.21. The lowest BCUT2D eigenvalue weighted by atomic mass is 10.1. The van der Waals surface area contributed by atoms with E-state index in [4.69, 9.17) is 9.47 Å². The number of ether oxygens (including phenoxy) is 3. The zero-order chi connectivity index (χ0) is 28.2. The molecular weight excluding hydrogens is 468 g/mol. The minimum atomic E-state index is -0.237. The second-order valence-corrected chi connectivity index (χ2v) is 9.19. The molecule has 0 unspecified atom stereocenters. The maximum Gasteiger partial charge on any atom is 0.333 e. The average molecular weight is 523 g/mol. The van der Waals surface area contributed by atoms with Crippen LogP contribution >= 0.6 is 0 Å². The van der Waals surface area contributed by atoms with Crippen LogP contribution < -0.4 is 0 Å². The summed E-state index contributed by atoms with van der Waals surface area (Å²) in [5, 5.41) is 0. The Morgan fingerprint density at radius 1 is 0.865 bits per heavy atom. The summed E-state index contributed by atoms with van der Waals surface area (Å²) in [5.41, 5.74) is 0.565. The molecule has 0 N–H and O–H groups in total. The Labute approximate surface area is 226 Å². The van der Waals surface area contributed by atoms with Gasteiger partial charge in [0, 0.05) is 25.3 Å². The molecule has 0 fully saturated rings. The van der Waals surface area contributed by atoms with E-state index in [1.54, 1.807) is 0 Å². The van der Waals surface area contributed by atoms with Crippen molar-refractivity contribution in [1.29, 1.82) is 0 Å². The van der Waals surface area contributed by atoms with Gasteiger partial charge in [0.05, 0.1) is 12.9 Å². The van der Waals surface area contributed by atoms with Crippen LogP contribution in [0.5, 0.6) is 0 Å². The lowest BCUT2D eigenvalue weighted by Crippen LogP contribution is -2.07. The van der Waals surface area contributed by atoms with Crippen LogP contribution in [0.2, 0.25) is 0 Å². The Morgan fingerprint density at radius 3 is 1.78 bits per heavy atom. The van der Waals surface area contributed by atoms with E-state index in [0.717, 1.165) is 44.3 Å². The highest BCUT2D eigenvalue weighted by molar-refractivity contribution is 5.87. The smallest absolute Gasteiger partial charge is 0.333 e. The Hall–Kier alpha value is -2.37. The van der Waals surface area contributed by atoms with Crippen molar-refractivity contribution in [3.8, 4) is 0 Å². The molecular formula is C31H54O6. The Bertz CT molecular complexity index is 650. The van der Waals surface area contributed by atoms with Crippen molar-refractivity contribution in [3.63, 3.8) is 0 Å². The van der Waals surface area contributed by atoms with Gasteiger partial charge in [-0.1, -0.05) is 105 Å². The maximum atomic E-state index is 11.1. The molecule has 0 spiro atoms. The van der Waals surface area contributed by atoms with Crippen molar-refractivity contribution in [2.24, 2.45) is 0 Å². The molecule has 0 aromatic rings. The third-order valence-corrected chi connectivity index (χ3v) is 5.68. The molecule has 6 heteroatoms. The van der Waals surface area contributed by atoms with E-state index in [1.807, 2.05) is 13.0 Å². The summed E-state index contributed by atoms with van der Waals surface area (Å²) >= 11 is 0. The Morgan fingerprint density at radius 2 is 1.38 bits per heavy atom. The molecule has 0 aliphatic heterocycles. The summed E-state index contributed by atoms with van der Waals surface area (Å²) in [6.45, 7) is 15.2. The quantitative estimate of drug-likeness (QED) is 0.0554. The van der Waals surface area contributed by atoms with Gasteiger partial charge in [-0.3, -0.25) is 9.59 Å². The first-order valence-electron chi connectivity index (χ1n) is 14.3. The van der Waals surface area contributed by atoms with Gasteiger partial charge in [-0.05, 0) is 31.8 Å². The molecule has 0 saturated heterocycles. The maximum absolute atomic E-state index is 11.1. The molecule has 1 aliphatic rings. The summed E-state index contributed by atoms with van der Waals surface area (Å²) in [6, 6.07) is 0. The molecule has 0 bridgehead atoms.